The summed E-state index contributed by atoms with van der Waals surface area (Å²) >= 11 is 14.2. The molecule has 38 heavy (non-hydrogen) atoms. The Hall–Kier alpha value is -4.14. The van der Waals surface area contributed by atoms with Gasteiger partial charge in [-0.05, 0) is 48.0 Å². The summed E-state index contributed by atoms with van der Waals surface area (Å²) in [6.45, 7) is 0. The van der Waals surface area contributed by atoms with Crippen LogP contribution in [-0.2, 0) is 0 Å². The van der Waals surface area contributed by atoms with Crippen molar-refractivity contribution in [1.82, 2.24) is 26.4 Å². The first-order valence-corrected chi connectivity index (χ1v) is 12.9. The highest BCUT2D eigenvalue weighted by molar-refractivity contribution is 7.16. The Labute approximate surface area is 230 Å². The molecule has 12 heteroatoms. The highest BCUT2D eigenvalue weighted by Crippen LogP contribution is 2.37. The van der Waals surface area contributed by atoms with E-state index in [0.29, 0.717) is 38.6 Å². The molecular weight excluding hydrogens is 546 g/mol. The summed E-state index contributed by atoms with van der Waals surface area (Å²) in [6, 6.07) is 15.9. The van der Waals surface area contributed by atoms with Gasteiger partial charge in [0.05, 0.1) is 54.3 Å². The van der Waals surface area contributed by atoms with Crippen LogP contribution in [0.1, 0.15) is 17.2 Å². The molecule has 0 aliphatic carbocycles. The first-order valence-electron chi connectivity index (χ1n) is 11.3. The number of benzene rings is 3. The molecule has 5 N–H and O–H groups in total. The second kappa shape index (κ2) is 9.96. The minimum absolute atomic E-state index is 0.0347. The van der Waals surface area contributed by atoms with Crippen LogP contribution in [0.4, 0.5) is 21.5 Å². The molecule has 0 amide bonds. The first kappa shape index (κ1) is 24.2. The summed E-state index contributed by atoms with van der Waals surface area (Å²) in [5.74, 6) is -0.534. The summed E-state index contributed by atoms with van der Waals surface area (Å²) in [5, 5.41) is 17.5. The van der Waals surface area contributed by atoms with Gasteiger partial charge in [-0.15, -0.1) is 11.3 Å². The first-order chi connectivity index (χ1) is 18.5. The fourth-order valence-corrected chi connectivity index (χ4v) is 5.43. The molecule has 0 fully saturated rings. The van der Waals surface area contributed by atoms with Gasteiger partial charge in [0.1, 0.15) is 11.9 Å². The zero-order valence-electron chi connectivity index (χ0n) is 19.3. The number of nitrogens with zero attached hydrogens (tertiary/aromatic N) is 3. The quantitative estimate of drug-likeness (QED) is 0.159. The van der Waals surface area contributed by atoms with Crippen LogP contribution in [0.25, 0.3) is 21.1 Å². The van der Waals surface area contributed by atoms with E-state index < -0.39 is 5.82 Å². The van der Waals surface area contributed by atoms with Crippen molar-refractivity contribution >= 4 is 72.7 Å². The number of aromatic nitrogens is 2. The van der Waals surface area contributed by atoms with Crippen LogP contribution in [0.5, 0.6) is 0 Å². The summed E-state index contributed by atoms with van der Waals surface area (Å²) < 4.78 is 14.8. The van der Waals surface area contributed by atoms with Crippen molar-refractivity contribution in [2.75, 3.05) is 10.6 Å². The molecular formula is C26H17Cl2FN8S. The average Bonchev–Trinajstić information content (AvgIpc) is 3.62. The highest BCUT2D eigenvalue weighted by atomic mass is 35.5. The second-order valence-corrected chi connectivity index (χ2v) is 10.1. The van der Waals surface area contributed by atoms with Crippen LogP contribution in [-0.4, -0.2) is 9.97 Å². The van der Waals surface area contributed by atoms with Crippen molar-refractivity contribution < 1.29 is 4.39 Å². The molecule has 1 aliphatic heterocycles. The van der Waals surface area contributed by atoms with Gasteiger partial charge in [-0.25, -0.2) is 9.37 Å². The van der Waals surface area contributed by atoms with E-state index in [1.165, 1.54) is 18.3 Å². The fourth-order valence-electron chi connectivity index (χ4n) is 4.25. The normalized spacial score (nSPS) is 13.5. The maximum Gasteiger partial charge on any atom is 0.141 e. The molecule has 3 aromatic carbocycles. The summed E-state index contributed by atoms with van der Waals surface area (Å²) in [4.78, 5) is 8.79. The Kier molecular flexibility index (Phi) is 6.35. The number of halogens is 3. The number of pyridine rings is 1. The number of hydrogen-bond acceptors (Lipinski definition) is 9. The number of hydrogen-bond donors (Lipinski definition) is 5. The fraction of sp³-hybridized carbons (Fsp3) is 0.0385. The second-order valence-electron chi connectivity index (χ2n) is 8.42. The smallest absolute Gasteiger partial charge is 0.141 e. The number of hydrazine groups is 2. The van der Waals surface area contributed by atoms with Crippen LogP contribution in [0, 0.1) is 17.1 Å². The van der Waals surface area contributed by atoms with E-state index in [1.54, 1.807) is 23.5 Å². The van der Waals surface area contributed by atoms with E-state index in [-0.39, 0.29) is 11.1 Å². The van der Waals surface area contributed by atoms with E-state index in [9.17, 15) is 9.65 Å². The third kappa shape index (κ3) is 4.53. The zero-order chi connectivity index (χ0) is 26.2. The summed E-state index contributed by atoms with van der Waals surface area (Å²) in [5.41, 5.74) is 16.1. The van der Waals surface area contributed by atoms with Crippen LogP contribution in [0.3, 0.4) is 0 Å². The van der Waals surface area contributed by atoms with E-state index in [2.05, 4.69) is 49.1 Å². The molecule has 0 saturated carbocycles. The summed E-state index contributed by atoms with van der Waals surface area (Å²) in [6.07, 6.45) is 3.28. The van der Waals surface area contributed by atoms with E-state index in [0.717, 1.165) is 21.5 Å². The average molecular weight is 563 g/mol. The Morgan fingerprint density at radius 3 is 2.68 bits per heavy atom. The lowest BCUT2D eigenvalue weighted by atomic mass is 10.0. The lowest BCUT2D eigenvalue weighted by Crippen LogP contribution is -2.33. The molecule has 8 nitrogen and oxygen atoms in total. The van der Waals surface area contributed by atoms with Gasteiger partial charge in [-0.2, -0.15) is 10.8 Å². The van der Waals surface area contributed by atoms with Crippen LogP contribution in [0.2, 0.25) is 10.0 Å². The van der Waals surface area contributed by atoms with Gasteiger partial charge in [0.25, 0.3) is 0 Å². The Morgan fingerprint density at radius 1 is 1.03 bits per heavy atom. The maximum atomic E-state index is 13.7. The number of rotatable bonds is 6. The van der Waals surface area contributed by atoms with Gasteiger partial charge < -0.3 is 21.5 Å². The minimum Gasteiger partial charge on any atom is -0.373 e. The topological polar surface area (TPSA) is 110 Å². The largest absolute Gasteiger partial charge is 0.373 e. The molecule has 188 valence electrons. The Balaban J connectivity index is 1.44. The summed E-state index contributed by atoms with van der Waals surface area (Å²) in [7, 11) is 0. The monoisotopic (exact) mass is 562 g/mol. The third-order valence-electron chi connectivity index (χ3n) is 6.05. The van der Waals surface area contributed by atoms with Gasteiger partial charge in [0, 0.05) is 29.2 Å². The van der Waals surface area contributed by atoms with Gasteiger partial charge in [0.15, 0.2) is 0 Å². The van der Waals surface area contributed by atoms with Crippen molar-refractivity contribution in [3.8, 4) is 6.07 Å². The van der Waals surface area contributed by atoms with Gasteiger partial charge in [0.2, 0.25) is 0 Å². The van der Waals surface area contributed by atoms with E-state index >= 15 is 0 Å². The molecule has 0 unspecified atom stereocenters. The molecule has 3 heterocycles. The number of nitriles is 1. The Bertz CT molecular complexity index is 1780. The third-order valence-corrected chi connectivity index (χ3v) is 7.42. The standard InChI is InChI=1S/C26H17Cl2FN8S/c27-18-7-15(2-3-20(18)29)34-24-14(9-30)10-31-26-17(24)6-16(8-19(26)28)35-25(22-11-33-37-36-22)13-1-4-21-23(5-13)38-12-32-21/h1-8,10-12,25,33,35-37H,(H,31,34)/t25-/m0/s1. The van der Waals surface area contributed by atoms with Crippen LogP contribution >= 0.6 is 34.5 Å². The molecule has 0 saturated heterocycles. The van der Waals surface area contributed by atoms with E-state index in [1.807, 2.05) is 29.9 Å². The van der Waals surface area contributed by atoms with Crippen molar-refractivity contribution in [1.29, 1.82) is 5.26 Å². The molecule has 2 aromatic heterocycles. The lowest BCUT2D eigenvalue weighted by Gasteiger charge is -2.22. The van der Waals surface area contributed by atoms with E-state index in [4.69, 9.17) is 23.2 Å². The van der Waals surface area contributed by atoms with Crippen LogP contribution < -0.4 is 27.0 Å². The number of thiazole rings is 1. The van der Waals surface area contributed by atoms with Crippen molar-refractivity contribution in [2.24, 2.45) is 0 Å². The Morgan fingerprint density at radius 2 is 1.89 bits per heavy atom. The van der Waals surface area contributed by atoms with Crippen molar-refractivity contribution in [3.63, 3.8) is 0 Å². The zero-order valence-corrected chi connectivity index (χ0v) is 21.6. The minimum atomic E-state index is -0.534. The maximum absolute atomic E-state index is 13.7. The van der Waals surface area contributed by atoms with Crippen LogP contribution in [0.15, 0.2) is 72.1 Å². The highest BCUT2D eigenvalue weighted by Gasteiger charge is 2.22. The predicted octanol–water partition coefficient (Wildman–Crippen LogP) is 6.51. The lowest BCUT2D eigenvalue weighted by molar-refractivity contribution is 0.583. The number of anilines is 3. The molecule has 0 bridgehead atoms. The SMILES string of the molecule is N#Cc1cnc2c(Cl)cc(N[C@H](C3=CNNN3)c3ccc4ncsc4c3)cc2c1Nc1ccc(F)c(Cl)c1. The molecule has 5 aromatic rings. The van der Waals surface area contributed by atoms with Gasteiger partial charge >= 0.3 is 0 Å². The number of fused-ring (bicyclic) bond motifs is 2. The van der Waals surface area contributed by atoms with Gasteiger partial charge in [-0.1, -0.05) is 29.3 Å². The number of nitrogens with one attached hydrogen (secondary N) is 5. The predicted molar refractivity (Wildman–Crippen MR) is 150 cm³/mol. The molecule has 0 spiro atoms. The molecule has 1 atom stereocenters. The molecule has 0 radical (unpaired) electrons. The van der Waals surface area contributed by atoms with Crippen molar-refractivity contribution in [3.05, 3.63) is 99.1 Å². The van der Waals surface area contributed by atoms with Crippen molar-refractivity contribution in [2.45, 2.75) is 6.04 Å². The van der Waals surface area contributed by atoms with Gasteiger partial charge in [-0.3, -0.25) is 4.98 Å². The molecule has 6 rings (SSSR count). The molecule has 1 aliphatic rings.